The molecule has 0 spiro atoms. The SMILES string of the molecule is CCCCCCC/C=C\C/C=C\CCCCCCCCCCCCCC(=O)OC(COCCCCCCCCCCCCCCCC/C=C\CCCCCCCCCC)COC1OC(CO)C(O)C(OS(=O)(=O)O)C1O. The molecular weight excluding hydrogens is 981 g/mol. The maximum absolute atomic E-state index is 13.0. The van der Waals surface area contributed by atoms with E-state index in [4.69, 9.17) is 18.9 Å². The second-order valence-electron chi connectivity index (χ2n) is 22.0. The van der Waals surface area contributed by atoms with Gasteiger partial charge < -0.3 is 34.3 Å². The summed E-state index contributed by atoms with van der Waals surface area (Å²) in [6.45, 7) is 4.04. The normalized spacial score (nSPS) is 18.7. The van der Waals surface area contributed by atoms with Crippen molar-refractivity contribution in [2.24, 2.45) is 0 Å². The number of carbonyl (C=O) groups excluding carboxylic acids is 1. The lowest BCUT2D eigenvalue weighted by molar-refractivity contribution is -0.301. The molecule has 4 N–H and O–H groups in total. The van der Waals surface area contributed by atoms with Crippen LogP contribution in [-0.4, -0.2) is 97.5 Å². The number of ether oxygens (including phenoxy) is 4. The van der Waals surface area contributed by atoms with Gasteiger partial charge in [-0.3, -0.25) is 9.35 Å². The number of hydrogen-bond donors (Lipinski definition) is 4. The molecule has 0 aromatic rings. The molecule has 1 saturated heterocycles. The molecule has 1 aliphatic rings. The molecular formula is C63H118O12S. The Labute approximate surface area is 466 Å². The number of rotatable bonds is 57. The molecule has 0 radical (unpaired) electrons. The average molecular weight is 1100 g/mol. The highest BCUT2D eigenvalue weighted by Gasteiger charge is 2.48. The Morgan fingerprint density at radius 2 is 0.868 bits per heavy atom. The summed E-state index contributed by atoms with van der Waals surface area (Å²) in [5, 5.41) is 30.9. The Bertz CT molecular complexity index is 1460. The first-order valence-corrected chi connectivity index (χ1v) is 33.1. The van der Waals surface area contributed by atoms with Crippen LogP contribution in [0, 0.1) is 0 Å². The average Bonchev–Trinajstić information content (AvgIpc) is 3.40. The first kappa shape index (κ1) is 72.3. The summed E-state index contributed by atoms with van der Waals surface area (Å²) < 4.78 is 59.6. The van der Waals surface area contributed by atoms with Gasteiger partial charge in [0.25, 0.3) is 0 Å². The van der Waals surface area contributed by atoms with Gasteiger partial charge >= 0.3 is 16.4 Å². The van der Waals surface area contributed by atoms with Crippen molar-refractivity contribution >= 4 is 16.4 Å². The predicted octanol–water partition coefficient (Wildman–Crippen LogP) is 16.4. The molecule has 1 rings (SSSR count). The lowest BCUT2D eigenvalue weighted by Gasteiger charge is -2.41. The molecule has 0 saturated carbocycles. The van der Waals surface area contributed by atoms with Crippen molar-refractivity contribution in [2.45, 2.75) is 333 Å². The zero-order chi connectivity index (χ0) is 55.3. The fraction of sp³-hybridized carbons (Fsp3) is 0.889. The minimum absolute atomic E-state index is 0.0383. The van der Waals surface area contributed by atoms with Gasteiger partial charge in [-0.05, 0) is 70.6 Å². The minimum atomic E-state index is -5.07. The van der Waals surface area contributed by atoms with Crippen LogP contribution in [0.15, 0.2) is 36.5 Å². The van der Waals surface area contributed by atoms with Crippen molar-refractivity contribution < 1.29 is 56.2 Å². The topological polar surface area (TPSA) is 178 Å². The lowest BCUT2D eigenvalue weighted by Crippen LogP contribution is -2.60. The summed E-state index contributed by atoms with van der Waals surface area (Å²) in [7, 11) is -5.07. The quantitative estimate of drug-likeness (QED) is 0.0196. The van der Waals surface area contributed by atoms with E-state index in [9.17, 15) is 33.1 Å². The second kappa shape index (κ2) is 53.9. The van der Waals surface area contributed by atoms with Gasteiger partial charge in [-0.1, -0.05) is 256 Å². The largest absolute Gasteiger partial charge is 0.457 e. The third-order valence-corrected chi connectivity index (χ3v) is 15.2. The molecule has 12 nitrogen and oxygen atoms in total. The molecule has 0 aromatic heterocycles. The summed E-state index contributed by atoms with van der Waals surface area (Å²) in [6.07, 6.45) is 59.0. The van der Waals surface area contributed by atoms with Gasteiger partial charge in [0.1, 0.15) is 30.5 Å². The van der Waals surface area contributed by atoms with Crippen LogP contribution in [0.1, 0.15) is 296 Å². The van der Waals surface area contributed by atoms with Crippen LogP contribution in [0.3, 0.4) is 0 Å². The fourth-order valence-corrected chi connectivity index (χ4v) is 10.4. The van der Waals surface area contributed by atoms with E-state index in [1.807, 2.05) is 0 Å². The van der Waals surface area contributed by atoms with Crippen molar-refractivity contribution in [3.63, 3.8) is 0 Å². The van der Waals surface area contributed by atoms with Gasteiger partial charge in [0, 0.05) is 13.0 Å². The van der Waals surface area contributed by atoms with Crippen molar-refractivity contribution in [3.05, 3.63) is 36.5 Å². The predicted molar refractivity (Wildman–Crippen MR) is 313 cm³/mol. The zero-order valence-electron chi connectivity index (χ0n) is 48.8. The molecule has 13 heteroatoms. The molecule has 1 heterocycles. The summed E-state index contributed by atoms with van der Waals surface area (Å²) >= 11 is 0. The first-order valence-electron chi connectivity index (χ1n) is 31.7. The molecule has 6 unspecified atom stereocenters. The van der Waals surface area contributed by atoms with E-state index in [0.717, 1.165) is 44.9 Å². The molecule has 448 valence electrons. The first-order chi connectivity index (χ1) is 37.1. The van der Waals surface area contributed by atoms with E-state index >= 15 is 0 Å². The summed E-state index contributed by atoms with van der Waals surface area (Å²) in [5.41, 5.74) is 0. The van der Waals surface area contributed by atoms with Gasteiger partial charge in [-0.15, -0.1) is 0 Å². The van der Waals surface area contributed by atoms with Crippen molar-refractivity contribution in [1.29, 1.82) is 0 Å². The second-order valence-corrected chi connectivity index (χ2v) is 23.0. The number of aliphatic hydroxyl groups is 3. The molecule has 76 heavy (non-hydrogen) atoms. The maximum atomic E-state index is 13.0. The Kier molecular flexibility index (Phi) is 51.3. The van der Waals surface area contributed by atoms with Crippen molar-refractivity contribution in [1.82, 2.24) is 0 Å². The Balaban J connectivity index is 2.24. The highest BCUT2D eigenvalue weighted by Crippen LogP contribution is 2.26. The van der Waals surface area contributed by atoms with Gasteiger partial charge in [0.2, 0.25) is 0 Å². The Morgan fingerprint density at radius 1 is 0.500 bits per heavy atom. The van der Waals surface area contributed by atoms with E-state index in [-0.39, 0.29) is 19.6 Å². The smallest absolute Gasteiger partial charge is 0.397 e. The van der Waals surface area contributed by atoms with Crippen molar-refractivity contribution in [3.8, 4) is 0 Å². The molecule has 0 aromatic carbocycles. The van der Waals surface area contributed by atoms with Crippen LogP contribution >= 0.6 is 0 Å². The molecule has 1 aliphatic heterocycles. The van der Waals surface area contributed by atoms with Gasteiger partial charge in [-0.2, -0.15) is 8.42 Å². The van der Waals surface area contributed by atoms with Crippen LogP contribution in [0.5, 0.6) is 0 Å². The summed E-state index contributed by atoms with van der Waals surface area (Å²) in [5.74, 6) is -0.396. The van der Waals surface area contributed by atoms with Gasteiger partial charge in [0.15, 0.2) is 6.29 Å². The number of unbranched alkanes of at least 4 members (excludes halogenated alkanes) is 38. The monoisotopic (exact) mass is 1100 g/mol. The third kappa shape index (κ3) is 46.1. The number of carbonyl (C=O) groups is 1. The van der Waals surface area contributed by atoms with E-state index in [2.05, 4.69) is 54.5 Å². The van der Waals surface area contributed by atoms with Crippen LogP contribution in [0.2, 0.25) is 0 Å². The van der Waals surface area contributed by atoms with E-state index in [1.54, 1.807) is 0 Å². The number of allylic oxidation sites excluding steroid dienone is 6. The molecule has 0 aliphatic carbocycles. The van der Waals surface area contributed by atoms with E-state index in [1.165, 1.54) is 225 Å². The molecule has 1 fully saturated rings. The number of esters is 1. The number of hydrogen-bond acceptors (Lipinski definition) is 11. The van der Waals surface area contributed by atoms with E-state index < -0.39 is 59.8 Å². The van der Waals surface area contributed by atoms with E-state index in [0.29, 0.717) is 13.0 Å². The zero-order valence-corrected chi connectivity index (χ0v) is 49.6. The van der Waals surface area contributed by atoms with Crippen LogP contribution in [0.25, 0.3) is 0 Å². The molecule has 0 bridgehead atoms. The Hall–Kier alpha value is -1.68. The van der Waals surface area contributed by atoms with Crippen LogP contribution in [0.4, 0.5) is 0 Å². The van der Waals surface area contributed by atoms with Gasteiger partial charge in [0.05, 0.1) is 19.8 Å². The summed E-state index contributed by atoms with van der Waals surface area (Å²) in [6, 6.07) is 0. The Morgan fingerprint density at radius 3 is 1.26 bits per heavy atom. The highest BCUT2D eigenvalue weighted by molar-refractivity contribution is 7.80. The maximum Gasteiger partial charge on any atom is 0.397 e. The highest BCUT2D eigenvalue weighted by atomic mass is 32.3. The minimum Gasteiger partial charge on any atom is -0.457 e. The lowest BCUT2D eigenvalue weighted by atomic mass is 9.99. The number of aliphatic hydroxyl groups excluding tert-OH is 3. The molecule has 6 atom stereocenters. The third-order valence-electron chi connectivity index (χ3n) is 14.7. The van der Waals surface area contributed by atoms with Crippen LogP contribution < -0.4 is 0 Å². The summed E-state index contributed by atoms with van der Waals surface area (Å²) in [4.78, 5) is 13.0. The fourth-order valence-electron chi connectivity index (χ4n) is 9.94. The van der Waals surface area contributed by atoms with Crippen LogP contribution in [-0.2, 0) is 38.3 Å². The van der Waals surface area contributed by atoms with Crippen molar-refractivity contribution in [2.75, 3.05) is 26.4 Å². The standard InChI is InChI=1S/C63H118O12S/c1-3-5-7-9-11-13-15-17-19-21-23-25-27-28-29-31-33-35-37-39-41-43-45-47-49-51-53-71-55-57(56-72-63-61(67)62(75-76(68,69)70)60(66)58(54-64)74-63)73-59(65)52-50-48-46-44-42-40-38-36-34-32-30-26-24-22-20-18-16-14-12-10-8-6-4-2/h16,18,21-24,57-58,60-64,66-67H,3-15,17,19-20,25-56H2,1-2H3,(H,68,69,70)/b18-16-,23-21-,24-22-. The van der Waals surface area contributed by atoms with Gasteiger partial charge in [-0.25, -0.2) is 4.18 Å². The molecule has 0 amide bonds.